The van der Waals surface area contributed by atoms with E-state index in [1.54, 1.807) is 0 Å². The van der Waals surface area contributed by atoms with Crippen molar-refractivity contribution < 1.29 is 27.5 Å². The van der Waals surface area contributed by atoms with Gasteiger partial charge >= 0.3 is 15.7 Å². The van der Waals surface area contributed by atoms with Crippen LogP contribution in [0.25, 0.3) is 0 Å². The molecule has 0 aromatic rings. The molecule has 0 spiro atoms. The van der Waals surface area contributed by atoms with Crippen LogP contribution >= 0.6 is 0 Å². The molecule has 0 amide bonds. The largest absolute Gasteiger partial charge is 0.489 e. The average Bonchev–Trinajstić information content (AvgIpc) is 2.21. The van der Waals surface area contributed by atoms with Crippen molar-refractivity contribution in [3.8, 4) is 0 Å². The normalized spacial score (nSPS) is 12.5. The van der Waals surface area contributed by atoms with Crippen LogP contribution in [0.1, 0.15) is 0 Å². The molecule has 80 valence electrons. The summed E-state index contributed by atoms with van der Waals surface area (Å²) in [6.45, 7) is 0. The Bertz CT molecular complexity index is 116. The minimum atomic E-state index is -2.25. The Hall–Kier alpha value is -0.0231. The van der Waals surface area contributed by atoms with Crippen LogP contribution in [0, 0.1) is 0 Å². The van der Waals surface area contributed by atoms with Crippen molar-refractivity contribution in [3.05, 3.63) is 0 Å². The van der Waals surface area contributed by atoms with Crippen molar-refractivity contribution in [3.63, 3.8) is 0 Å². The van der Waals surface area contributed by atoms with Crippen molar-refractivity contribution in [2.45, 2.75) is 6.16 Å². The lowest BCUT2D eigenvalue weighted by molar-refractivity contribution is -0.457. The second kappa shape index (κ2) is 6.43. The van der Waals surface area contributed by atoms with E-state index in [-0.39, 0.29) is 0 Å². The van der Waals surface area contributed by atoms with Crippen molar-refractivity contribution in [1.29, 1.82) is 0 Å². The molecule has 6 nitrogen and oxygen atoms in total. The maximum atomic E-state index is 5.21. The summed E-state index contributed by atoms with van der Waals surface area (Å²) in [7, 11) is 4.89. The Morgan fingerprint density at radius 1 is 0.769 bits per heavy atom. The third-order valence-electron chi connectivity index (χ3n) is 1.38. The van der Waals surface area contributed by atoms with Crippen LogP contribution in [0.3, 0.4) is 0 Å². The highest BCUT2D eigenvalue weighted by Crippen LogP contribution is 2.15. The molecule has 7 heteroatoms. The summed E-state index contributed by atoms with van der Waals surface area (Å²) in [5, 5.41) is 0. The number of rotatable bonds is 7. The Morgan fingerprint density at radius 2 is 1.15 bits per heavy atom. The predicted molar refractivity (Wildman–Crippen MR) is 46.0 cm³/mol. The summed E-state index contributed by atoms with van der Waals surface area (Å²) in [6, 6.07) is 0. The molecule has 0 heterocycles. The summed E-state index contributed by atoms with van der Waals surface area (Å²) in [6.07, 6.45) is -1.54. The van der Waals surface area contributed by atoms with Gasteiger partial charge in [0, 0.05) is 35.5 Å². The zero-order valence-electron chi connectivity index (χ0n) is 8.53. The van der Waals surface area contributed by atoms with Gasteiger partial charge in [-0.3, -0.25) is 4.43 Å². The van der Waals surface area contributed by atoms with Crippen LogP contribution in [0.5, 0.6) is 0 Å². The Kier molecular flexibility index (Phi) is 6.42. The first-order chi connectivity index (χ1) is 6.17. The van der Waals surface area contributed by atoms with Gasteiger partial charge in [0.2, 0.25) is 0 Å². The Morgan fingerprint density at radius 3 is 1.38 bits per heavy atom. The highest BCUT2D eigenvalue weighted by Gasteiger charge is 2.36. The maximum Gasteiger partial charge on any atom is 0.489 e. The Balaban J connectivity index is 4.21. The number of hydrogen-bond donors (Lipinski definition) is 0. The molecule has 0 aromatic heterocycles. The van der Waals surface area contributed by atoms with Crippen molar-refractivity contribution in [2.75, 3.05) is 35.5 Å². The van der Waals surface area contributed by atoms with Gasteiger partial charge in [0.15, 0.2) is 0 Å². The van der Waals surface area contributed by atoms with Gasteiger partial charge in [-0.05, 0) is 0 Å². The summed E-state index contributed by atoms with van der Waals surface area (Å²) >= 11 is 0. The summed E-state index contributed by atoms with van der Waals surface area (Å²) < 4.78 is 29.7. The highest BCUT2D eigenvalue weighted by molar-refractivity contribution is 6.36. The summed E-state index contributed by atoms with van der Waals surface area (Å²) in [4.78, 5) is 0. The molecule has 0 atom stereocenters. The van der Waals surface area contributed by atoms with Crippen LogP contribution in [0.4, 0.5) is 0 Å². The average molecular weight is 212 g/mol. The third kappa shape index (κ3) is 3.69. The molecular formula is C6H16O6Si. The van der Waals surface area contributed by atoms with Crippen LogP contribution in [0.2, 0.25) is 0 Å². The molecule has 0 N–H and O–H groups in total. The first-order valence-electron chi connectivity index (χ1n) is 3.56. The molecule has 0 radical (unpaired) electrons. The van der Waals surface area contributed by atoms with E-state index in [9.17, 15) is 0 Å². The second-order valence-corrected chi connectivity index (χ2v) is 3.75. The monoisotopic (exact) mass is 212 g/mol. The van der Waals surface area contributed by atoms with E-state index in [0.717, 1.165) is 0 Å². The molecule has 0 unspecified atom stereocenters. The molecule has 0 fully saturated rings. The molecule has 0 bridgehead atoms. The molecule has 0 aliphatic heterocycles. The SMILES string of the molecule is CO[SiH](OC)OC(OC)(OC)OC. The van der Waals surface area contributed by atoms with E-state index in [4.69, 9.17) is 27.5 Å². The molecule has 13 heavy (non-hydrogen) atoms. The van der Waals surface area contributed by atoms with Gasteiger partial charge in [-0.2, -0.15) is 0 Å². The molecule has 0 aromatic carbocycles. The van der Waals surface area contributed by atoms with Gasteiger partial charge in [0.05, 0.1) is 0 Å². The summed E-state index contributed by atoms with van der Waals surface area (Å²) in [5.74, 6) is 0. The topological polar surface area (TPSA) is 55.4 Å². The third-order valence-corrected chi connectivity index (χ3v) is 2.63. The number of methoxy groups -OCH3 is 3. The smallest absolute Gasteiger partial charge is 0.379 e. The fourth-order valence-corrected chi connectivity index (χ4v) is 1.61. The zero-order valence-corrected chi connectivity index (χ0v) is 9.68. The molecule has 0 saturated heterocycles. The number of hydrogen-bond acceptors (Lipinski definition) is 6. The number of ether oxygens (including phenoxy) is 3. The van der Waals surface area contributed by atoms with Crippen LogP contribution in [-0.4, -0.2) is 51.2 Å². The van der Waals surface area contributed by atoms with E-state index in [1.807, 2.05) is 0 Å². The first kappa shape index (κ1) is 13.0. The highest BCUT2D eigenvalue weighted by atomic mass is 28.3. The fourth-order valence-electron chi connectivity index (χ4n) is 0.705. The lowest BCUT2D eigenvalue weighted by Gasteiger charge is -2.29. The Labute approximate surface area is 79.6 Å². The predicted octanol–water partition coefficient (Wildman–Crippen LogP) is -0.437. The van der Waals surface area contributed by atoms with Gasteiger partial charge < -0.3 is 23.1 Å². The zero-order chi connectivity index (χ0) is 10.3. The molecule has 0 aliphatic carbocycles. The lowest BCUT2D eigenvalue weighted by Crippen LogP contribution is -2.45. The minimum absolute atomic E-state index is 1.39. The molecule has 0 aliphatic rings. The van der Waals surface area contributed by atoms with Crippen LogP contribution < -0.4 is 0 Å². The van der Waals surface area contributed by atoms with Gasteiger partial charge in [-0.25, -0.2) is 0 Å². The minimum Gasteiger partial charge on any atom is -0.379 e. The van der Waals surface area contributed by atoms with Crippen molar-refractivity contribution in [1.82, 2.24) is 0 Å². The van der Waals surface area contributed by atoms with E-state index in [0.29, 0.717) is 0 Å². The lowest BCUT2D eigenvalue weighted by atomic mass is 11.0. The second-order valence-electron chi connectivity index (χ2n) is 1.99. The van der Waals surface area contributed by atoms with Gasteiger partial charge in [0.25, 0.3) is 0 Å². The maximum absolute atomic E-state index is 5.21. The fraction of sp³-hybridized carbons (Fsp3) is 1.00. The van der Waals surface area contributed by atoms with E-state index in [2.05, 4.69) is 0 Å². The van der Waals surface area contributed by atoms with E-state index < -0.39 is 15.7 Å². The first-order valence-corrected chi connectivity index (χ1v) is 4.98. The van der Waals surface area contributed by atoms with Gasteiger partial charge in [0.1, 0.15) is 0 Å². The van der Waals surface area contributed by atoms with E-state index >= 15 is 0 Å². The van der Waals surface area contributed by atoms with E-state index in [1.165, 1.54) is 35.5 Å². The van der Waals surface area contributed by atoms with Crippen molar-refractivity contribution >= 4 is 9.53 Å². The quantitative estimate of drug-likeness (QED) is 0.421. The molecule has 0 rings (SSSR count). The van der Waals surface area contributed by atoms with Gasteiger partial charge in [-0.15, -0.1) is 0 Å². The summed E-state index contributed by atoms with van der Waals surface area (Å²) in [5.41, 5.74) is 0. The molecular weight excluding hydrogens is 196 g/mol. The standard InChI is InChI=1S/C6H16O6Si/c1-7-6(8-2,9-3)12-13(10-4)11-5/h13H,1-5H3. The van der Waals surface area contributed by atoms with Crippen molar-refractivity contribution in [2.24, 2.45) is 0 Å². The van der Waals surface area contributed by atoms with Gasteiger partial charge in [-0.1, -0.05) is 0 Å². The molecule has 0 saturated carbocycles. The van der Waals surface area contributed by atoms with Crippen LogP contribution in [0.15, 0.2) is 0 Å². The van der Waals surface area contributed by atoms with Crippen LogP contribution in [-0.2, 0) is 27.5 Å².